The summed E-state index contributed by atoms with van der Waals surface area (Å²) in [6.07, 6.45) is 2.19. The summed E-state index contributed by atoms with van der Waals surface area (Å²) in [5, 5.41) is 3.32. The van der Waals surface area contributed by atoms with Crippen molar-refractivity contribution in [2.75, 3.05) is 7.05 Å². The lowest BCUT2D eigenvalue weighted by Gasteiger charge is -2.16. The third-order valence-electron chi connectivity index (χ3n) is 3.89. The number of rotatable bonds is 3. The SMILES string of the molecule is CNC1(c2cccc(-c3ccc(F)cc3F)c2)CC1.Cl. The predicted molar refractivity (Wildman–Crippen MR) is 79.0 cm³/mol. The van der Waals surface area contributed by atoms with Crippen LogP contribution in [0.5, 0.6) is 0 Å². The summed E-state index contributed by atoms with van der Waals surface area (Å²) in [5.74, 6) is -1.07. The molecule has 1 saturated carbocycles. The van der Waals surface area contributed by atoms with E-state index in [1.54, 1.807) is 0 Å². The minimum Gasteiger partial charge on any atom is -0.310 e. The number of benzene rings is 2. The molecular weight excluding hydrogens is 280 g/mol. The lowest BCUT2D eigenvalue weighted by molar-refractivity contribution is 0.583. The molecule has 0 heterocycles. The molecule has 0 radical (unpaired) electrons. The van der Waals surface area contributed by atoms with E-state index in [0.717, 1.165) is 30.0 Å². The summed E-state index contributed by atoms with van der Waals surface area (Å²) < 4.78 is 26.8. The van der Waals surface area contributed by atoms with Crippen LogP contribution >= 0.6 is 12.4 Å². The maximum Gasteiger partial charge on any atom is 0.133 e. The average molecular weight is 296 g/mol. The van der Waals surface area contributed by atoms with Gasteiger partial charge < -0.3 is 5.32 Å². The van der Waals surface area contributed by atoms with Crippen molar-refractivity contribution in [3.8, 4) is 11.1 Å². The van der Waals surface area contributed by atoms with Crippen LogP contribution < -0.4 is 5.32 Å². The molecule has 1 aliphatic rings. The molecule has 4 heteroatoms. The van der Waals surface area contributed by atoms with Gasteiger partial charge in [-0.15, -0.1) is 12.4 Å². The normalized spacial score (nSPS) is 15.6. The topological polar surface area (TPSA) is 12.0 Å². The van der Waals surface area contributed by atoms with Crippen molar-refractivity contribution < 1.29 is 8.78 Å². The average Bonchev–Trinajstić information content (AvgIpc) is 3.20. The van der Waals surface area contributed by atoms with Crippen LogP contribution in [0.2, 0.25) is 0 Å². The zero-order valence-electron chi connectivity index (χ0n) is 11.1. The largest absolute Gasteiger partial charge is 0.310 e. The molecule has 0 aliphatic heterocycles. The summed E-state index contributed by atoms with van der Waals surface area (Å²) in [5.41, 5.74) is 2.44. The smallest absolute Gasteiger partial charge is 0.133 e. The Morgan fingerprint density at radius 2 is 1.80 bits per heavy atom. The van der Waals surface area contributed by atoms with Crippen molar-refractivity contribution in [2.45, 2.75) is 18.4 Å². The molecule has 0 bridgehead atoms. The van der Waals surface area contributed by atoms with Crippen LogP contribution in [-0.2, 0) is 5.54 Å². The van der Waals surface area contributed by atoms with E-state index in [2.05, 4.69) is 11.4 Å². The first-order valence-corrected chi connectivity index (χ1v) is 6.39. The van der Waals surface area contributed by atoms with Crippen LogP contribution in [-0.4, -0.2) is 7.05 Å². The second-order valence-corrected chi connectivity index (χ2v) is 5.04. The summed E-state index contributed by atoms with van der Waals surface area (Å²) >= 11 is 0. The van der Waals surface area contributed by atoms with Crippen LogP contribution in [0.4, 0.5) is 8.78 Å². The Hall–Kier alpha value is -1.45. The van der Waals surface area contributed by atoms with Gasteiger partial charge in [0.15, 0.2) is 0 Å². The quantitative estimate of drug-likeness (QED) is 0.892. The van der Waals surface area contributed by atoms with Crippen molar-refractivity contribution in [3.05, 3.63) is 59.7 Å². The molecule has 106 valence electrons. The first kappa shape index (κ1) is 14.9. The van der Waals surface area contributed by atoms with E-state index in [4.69, 9.17) is 0 Å². The lowest BCUT2D eigenvalue weighted by atomic mass is 9.98. The zero-order valence-corrected chi connectivity index (χ0v) is 11.9. The van der Waals surface area contributed by atoms with Gasteiger partial charge in [0.1, 0.15) is 11.6 Å². The van der Waals surface area contributed by atoms with Crippen LogP contribution in [0, 0.1) is 11.6 Å². The van der Waals surface area contributed by atoms with Crippen molar-refractivity contribution in [3.63, 3.8) is 0 Å². The number of hydrogen-bond acceptors (Lipinski definition) is 1. The summed E-state index contributed by atoms with van der Waals surface area (Å²) in [7, 11) is 1.94. The van der Waals surface area contributed by atoms with E-state index in [0.29, 0.717) is 5.56 Å². The molecule has 20 heavy (non-hydrogen) atoms. The molecule has 0 unspecified atom stereocenters. The molecule has 0 amide bonds. The molecule has 1 fully saturated rings. The fourth-order valence-corrected chi connectivity index (χ4v) is 2.52. The highest BCUT2D eigenvalue weighted by Crippen LogP contribution is 2.45. The summed E-state index contributed by atoms with van der Waals surface area (Å²) in [4.78, 5) is 0. The maximum absolute atomic E-state index is 13.8. The minimum atomic E-state index is -0.550. The Bertz CT molecular complexity index is 624. The van der Waals surface area contributed by atoms with Crippen molar-refractivity contribution >= 4 is 12.4 Å². The van der Waals surface area contributed by atoms with Crippen molar-refractivity contribution in [2.24, 2.45) is 0 Å². The first-order chi connectivity index (χ1) is 9.14. The molecule has 2 aromatic rings. The number of halogens is 3. The highest BCUT2D eigenvalue weighted by molar-refractivity contribution is 5.85. The standard InChI is InChI=1S/C16H15F2N.ClH/c1-19-16(7-8-16)12-4-2-3-11(9-12)14-6-5-13(17)10-15(14)18;/h2-6,9-10,19H,7-8H2,1H3;1H. The Balaban J connectivity index is 0.00000147. The minimum absolute atomic E-state index is 0. The Kier molecular flexibility index (Phi) is 4.11. The highest BCUT2D eigenvalue weighted by Gasteiger charge is 2.42. The molecule has 0 atom stereocenters. The number of hydrogen-bond donors (Lipinski definition) is 1. The monoisotopic (exact) mass is 295 g/mol. The van der Waals surface area contributed by atoms with Gasteiger partial charge in [-0.3, -0.25) is 0 Å². The van der Waals surface area contributed by atoms with Gasteiger partial charge in [0.25, 0.3) is 0 Å². The van der Waals surface area contributed by atoms with E-state index >= 15 is 0 Å². The van der Waals surface area contributed by atoms with Crippen LogP contribution in [0.25, 0.3) is 11.1 Å². The van der Waals surface area contributed by atoms with Gasteiger partial charge in [-0.1, -0.05) is 18.2 Å². The second-order valence-electron chi connectivity index (χ2n) is 5.04. The fourth-order valence-electron chi connectivity index (χ4n) is 2.52. The van der Waals surface area contributed by atoms with E-state index in [-0.39, 0.29) is 17.9 Å². The predicted octanol–water partition coefficient (Wildman–Crippen LogP) is 4.26. The molecule has 0 saturated heterocycles. The second kappa shape index (κ2) is 5.51. The van der Waals surface area contributed by atoms with Gasteiger partial charge in [0.05, 0.1) is 0 Å². The van der Waals surface area contributed by atoms with E-state index in [1.165, 1.54) is 12.1 Å². The lowest BCUT2D eigenvalue weighted by Crippen LogP contribution is -2.24. The van der Waals surface area contributed by atoms with E-state index in [1.807, 2.05) is 25.2 Å². The van der Waals surface area contributed by atoms with E-state index in [9.17, 15) is 8.78 Å². The molecule has 2 aromatic carbocycles. The van der Waals surface area contributed by atoms with Crippen LogP contribution in [0.1, 0.15) is 18.4 Å². The van der Waals surface area contributed by atoms with Crippen LogP contribution in [0.15, 0.2) is 42.5 Å². The van der Waals surface area contributed by atoms with Crippen LogP contribution in [0.3, 0.4) is 0 Å². The van der Waals surface area contributed by atoms with Gasteiger partial charge in [0.2, 0.25) is 0 Å². The highest BCUT2D eigenvalue weighted by atomic mass is 35.5. The fraction of sp³-hybridized carbons (Fsp3) is 0.250. The molecule has 3 rings (SSSR count). The molecule has 1 N–H and O–H groups in total. The first-order valence-electron chi connectivity index (χ1n) is 6.39. The molecule has 1 aliphatic carbocycles. The molecule has 1 nitrogen and oxygen atoms in total. The molecule has 0 spiro atoms. The van der Waals surface area contributed by atoms with Gasteiger partial charge in [-0.05, 0) is 49.2 Å². The van der Waals surface area contributed by atoms with Gasteiger partial charge in [-0.25, -0.2) is 8.78 Å². The maximum atomic E-state index is 13.8. The third-order valence-corrected chi connectivity index (χ3v) is 3.89. The third kappa shape index (κ3) is 2.56. The van der Waals surface area contributed by atoms with Gasteiger partial charge >= 0.3 is 0 Å². The Morgan fingerprint density at radius 1 is 1.05 bits per heavy atom. The summed E-state index contributed by atoms with van der Waals surface area (Å²) in [6, 6.07) is 11.5. The Morgan fingerprint density at radius 3 is 2.40 bits per heavy atom. The van der Waals surface area contributed by atoms with E-state index < -0.39 is 11.6 Å². The summed E-state index contributed by atoms with van der Waals surface area (Å²) in [6.45, 7) is 0. The van der Waals surface area contributed by atoms with Crippen molar-refractivity contribution in [1.29, 1.82) is 0 Å². The van der Waals surface area contributed by atoms with Gasteiger partial charge in [0, 0.05) is 17.2 Å². The number of nitrogens with one attached hydrogen (secondary N) is 1. The van der Waals surface area contributed by atoms with Gasteiger partial charge in [-0.2, -0.15) is 0 Å². The molecule has 0 aromatic heterocycles. The van der Waals surface area contributed by atoms with Crippen molar-refractivity contribution in [1.82, 2.24) is 5.32 Å². The Labute approximate surface area is 123 Å². The molecular formula is C16H16ClF2N. The zero-order chi connectivity index (χ0) is 13.5.